The first-order valence-electron chi connectivity index (χ1n) is 9.18. The molecule has 1 fully saturated rings. The quantitative estimate of drug-likeness (QED) is 0.735. The Morgan fingerprint density at radius 1 is 0.893 bits per heavy atom. The smallest absolute Gasteiger partial charge is 0.243 e. The molecule has 0 unspecified atom stereocenters. The predicted octanol–water partition coefficient (Wildman–Crippen LogP) is 0.802. The number of piperazine rings is 1. The predicted molar refractivity (Wildman–Crippen MR) is 106 cm³/mol. The van der Waals surface area contributed by atoms with E-state index < -0.39 is 10.0 Å². The maximum Gasteiger partial charge on any atom is 0.243 e. The Labute approximate surface area is 166 Å². The van der Waals surface area contributed by atoms with Crippen molar-refractivity contribution in [1.82, 2.24) is 4.31 Å². The summed E-state index contributed by atoms with van der Waals surface area (Å²) in [7, 11) is 1.36. The third kappa shape index (κ3) is 4.09. The molecule has 0 bridgehead atoms. The van der Waals surface area contributed by atoms with E-state index in [-0.39, 0.29) is 0 Å². The van der Waals surface area contributed by atoms with Crippen LogP contribution >= 0.6 is 0 Å². The number of nitrogens with one attached hydrogen (secondary N) is 1. The first-order chi connectivity index (χ1) is 13.5. The van der Waals surface area contributed by atoms with Gasteiger partial charge in [0.05, 0.1) is 58.0 Å². The third-order valence-electron chi connectivity index (χ3n) is 5.04. The number of sulfonamides is 1. The first-order valence-corrected chi connectivity index (χ1v) is 10.6. The van der Waals surface area contributed by atoms with Crippen molar-refractivity contribution in [3.05, 3.63) is 48.0 Å². The van der Waals surface area contributed by atoms with Crippen LogP contribution in [0.25, 0.3) is 0 Å². The molecule has 2 aromatic rings. The molecule has 8 heteroatoms. The summed E-state index contributed by atoms with van der Waals surface area (Å²) in [6, 6.07) is 12.4. The van der Waals surface area contributed by atoms with Gasteiger partial charge in [0.1, 0.15) is 6.54 Å². The molecular formula is C20H27N2O5S+. The molecule has 1 heterocycles. The van der Waals surface area contributed by atoms with Crippen LogP contribution in [0.1, 0.15) is 5.56 Å². The fourth-order valence-electron chi connectivity index (χ4n) is 3.53. The zero-order valence-electron chi connectivity index (χ0n) is 16.5. The standard InChI is InChI=1S/C20H26N2O5S/c1-25-18-10-9-16(19(26-2)20(18)27-3)15-21-11-13-22(14-12-21)28(23,24)17-7-5-4-6-8-17/h4-10H,11-15H2,1-3H3/p+1. The fourth-order valence-corrected chi connectivity index (χ4v) is 5.00. The topological polar surface area (TPSA) is 69.5 Å². The van der Waals surface area contributed by atoms with Crippen molar-refractivity contribution in [2.45, 2.75) is 11.4 Å². The highest BCUT2D eigenvalue weighted by molar-refractivity contribution is 7.89. The van der Waals surface area contributed by atoms with Crippen LogP contribution in [0.5, 0.6) is 17.2 Å². The molecule has 3 rings (SSSR count). The lowest BCUT2D eigenvalue weighted by Crippen LogP contribution is -3.13. The van der Waals surface area contributed by atoms with Gasteiger partial charge in [-0.1, -0.05) is 18.2 Å². The second kappa shape index (κ2) is 8.81. The van der Waals surface area contributed by atoms with Gasteiger partial charge in [0, 0.05) is 0 Å². The summed E-state index contributed by atoms with van der Waals surface area (Å²) in [6.07, 6.45) is 0. The summed E-state index contributed by atoms with van der Waals surface area (Å²) in [4.78, 5) is 1.64. The molecule has 0 spiro atoms. The highest BCUT2D eigenvalue weighted by Gasteiger charge is 2.31. The molecular weight excluding hydrogens is 380 g/mol. The van der Waals surface area contributed by atoms with Gasteiger partial charge < -0.3 is 19.1 Å². The number of nitrogens with zero attached hydrogens (tertiary/aromatic N) is 1. The zero-order valence-corrected chi connectivity index (χ0v) is 17.3. The second-order valence-corrected chi connectivity index (χ2v) is 8.58. The Balaban J connectivity index is 1.70. The number of ether oxygens (including phenoxy) is 3. The summed E-state index contributed by atoms with van der Waals surface area (Å²) in [6.45, 7) is 3.15. The molecule has 0 radical (unpaired) electrons. The van der Waals surface area contributed by atoms with E-state index in [2.05, 4.69) is 0 Å². The van der Waals surface area contributed by atoms with Gasteiger partial charge in [-0.2, -0.15) is 4.31 Å². The van der Waals surface area contributed by atoms with Crippen molar-refractivity contribution < 1.29 is 27.5 Å². The summed E-state index contributed by atoms with van der Waals surface area (Å²) < 4.78 is 43.5. The van der Waals surface area contributed by atoms with E-state index in [9.17, 15) is 8.42 Å². The molecule has 7 nitrogen and oxygen atoms in total. The van der Waals surface area contributed by atoms with Gasteiger partial charge in [-0.05, 0) is 24.3 Å². The molecule has 1 N–H and O–H groups in total. The van der Waals surface area contributed by atoms with Crippen LogP contribution in [-0.4, -0.2) is 60.2 Å². The first kappa shape index (κ1) is 20.4. The number of benzene rings is 2. The SMILES string of the molecule is COc1ccc(C[NH+]2CCN(S(=O)(=O)c3ccccc3)CC2)c(OC)c1OC. The Bertz CT molecular complexity index is 894. The molecule has 0 saturated carbocycles. The number of hydrogen-bond acceptors (Lipinski definition) is 5. The van der Waals surface area contributed by atoms with E-state index in [1.54, 1.807) is 49.9 Å². The monoisotopic (exact) mass is 407 g/mol. The van der Waals surface area contributed by atoms with E-state index in [1.807, 2.05) is 18.2 Å². The lowest BCUT2D eigenvalue weighted by Gasteiger charge is -2.32. The number of hydrogen-bond donors (Lipinski definition) is 1. The Morgan fingerprint density at radius 2 is 1.54 bits per heavy atom. The van der Waals surface area contributed by atoms with E-state index >= 15 is 0 Å². The molecule has 1 aliphatic rings. The van der Waals surface area contributed by atoms with Gasteiger partial charge in [0.2, 0.25) is 15.8 Å². The van der Waals surface area contributed by atoms with Crippen molar-refractivity contribution in [2.24, 2.45) is 0 Å². The molecule has 1 aliphatic heterocycles. The van der Waals surface area contributed by atoms with Gasteiger partial charge in [0.15, 0.2) is 11.5 Å². The van der Waals surface area contributed by atoms with Crippen LogP contribution in [0, 0.1) is 0 Å². The third-order valence-corrected chi connectivity index (χ3v) is 6.95. The van der Waals surface area contributed by atoms with E-state index in [4.69, 9.17) is 14.2 Å². The summed E-state index contributed by atoms with van der Waals surface area (Å²) in [5.74, 6) is 1.86. The van der Waals surface area contributed by atoms with Gasteiger partial charge >= 0.3 is 0 Å². The van der Waals surface area contributed by atoms with Crippen LogP contribution in [-0.2, 0) is 16.6 Å². The van der Waals surface area contributed by atoms with Crippen molar-refractivity contribution in [3.8, 4) is 17.2 Å². The molecule has 0 aromatic heterocycles. The minimum absolute atomic E-state index is 0.347. The lowest BCUT2D eigenvalue weighted by molar-refractivity contribution is -0.917. The number of rotatable bonds is 7. The number of methoxy groups -OCH3 is 3. The highest BCUT2D eigenvalue weighted by Crippen LogP contribution is 2.39. The Hall–Kier alpha value is -2.29. The molecule has 1 saturated heterocycles. The van der Waals surface area contributed by atoms with E-state index in [0.717, 1.165) is 25.2 Å². The lowest BCUT2D eigenvalue weighted by atomic mass is 10.1. The van der Waals surface area contributed by atoms with Crippen molar-refractivity contribution in [2.75, 3.05) is 47.5 Å². The van der Waals surface area contributed by atoms with Crippen LogP contribution in [0.2, 0.25) is 0 Å². The minimum atomic E-state index is -3.43. The normalized spacial score (nSPS) is 16.0. The van der Waals surface area contributed by atoms with Crippen molar-refractivity contribution in [1.29, 1.82) is 0 Å². The average molecular weight is 408 g/mol. The Morgan fingerprint density at radius 3 is 2.11 bits per heavy atom. The molecule has 152 valence electrons. The molecule has 0 amide bonds. The minimum Gasteiger partial charge on any atom is -0.493 e. The second-order valence-electron chi connectivity index (χ2n) is 6.64. The summed E-state index contributed by atoms with van der Waals surface area (Å²) in [5, 5.41) is 0. The van der Waals surface area contributed by atoms with Crippen LogP contribution in [0.15, 0.2) is 47.4 Å². The molecule has 0 atom stereocenters. The van der Waals surface area contributed by atoms with Crippen LogP contribution in [0.3, 0.4) is 0 Å². The molecule has 2 aromatic carbocycles. The largest absolute Gasteiger partial charge is 0.493 e. The maximum atomic E-state index is 12.8. The van der Waals surface area contributed by atoms with Gasteiger partial charge in [0.25, 0.3) is 0 Å². The zero-order chi connectivity index (χ0) is 20.1. The van der Waals surface area contributed by atoms with E-state index in [0.29, 0.717) is 35.2 Å². The van der Waals surface area contributed by atoms with Crippen LogP contribution in [0.4, 0.5) is 0 Å². The highest BCUT2D eigenvalue weighted by atomic mass is 32.2. The summed E-state index contributed by atoms with van der Waals surface area (Å²) in [5.41, 5.74) is 1.01. The molecule has 0 aliphatic carbocycles. The van der Waals surface area contributed by atoms with Gasteiger partial charge in [-0.3, -0.25) is 0 Å². The number of quaternary nitrogens is 1. The average Bonchev–Trinajstić information content (AvgIpc) is 2.74. The van der Waals surface area contributed by atoms with Crippen molar-refractivity contribution in [3.63, 3.8) is 0 Å². The van der Waals surface area contributed by atoms with Gasteiger partial charge in [-0.15, -0.1) is 0 Å². The van der Waals surface area contributed by atoms with E-state index in [1.165, 1.54) is 4.90 Å². The van der Waals surface area contributed by atoms with Crippen LogP contribution < -0.4 is 19.1 Å². The molecule has 28 heavy (non-hydrogen) atoms. The summed E-state index contributed by atoms with van der Waals surface area (Å²) >= 11 is 0. The Kier molecular flexibility index (Phi) is 6.43. The fraction of sp³-hybridized carbons (Fsp3) is 0.400. The maximum absolute atomic E-state index is 12.8. The van der Waals surface area contributed by atoms with Crippen molar-refractivity contribution >= 4 is 10.0 Å². The van der Waals surface area contributed by atoms with Gasteiger partial charge in [-0.25, -0.2) is 8.42 Å².